The molecule has 5 nitrogen and oxygen atoms in total. The lowest BCUT2D eigenvalue weighted by Gasteiger charge is -2.13. The minimum atomic E-state index is -0.455. The van der Waals surface area contributed by atoms with Crippen LogP contribution in [0.4, 0.5) is 0 Å². The Kier molecular flexibility index (Phi) is 4.74. The number of aromatic nitrogens is 1. The molecular weight excluding hydrogens is 278 g/mol. The number of amides is 1. The van der Waals surface area contributed by atoms with Gasteiger partial charge in [0.15, 0.2) is 0 Å². The van der Waals surface area contributed by atoms with Crippen LogP contribution in [0.2, 0.25) is 0 Å². The Morgan fingerprint density at radius 3 is 2.45 bits per heavy atom. The molecule has 0 aliphatic heterocycles. The van der Waals surface area contributed by atoms with Gasteiger partial charge < -0.3 is 5.32 Å². The van der Waals surface area contributed by atoms with E-state index in [1.54, 1.807) is 6.07 Å². The van der Waals surface area contributed by atoms with Crippen LogP contribution in [0.15, 0.2) is 41.2 Å². The lowest BCUT2D eigenvalue weighted by atomic mass is 10.1. The van der Waals surface area contributed by atoms with Crippen LogP contribution in [0, 0.1) is 11.3 Å². The number of benzene rings is 1. The number of nitrogens with zero attached hydrogens (tertiary/aromatic N) is 2. The molecular formula is C17H17N3O2. The highest BCUT2D eigenvalue weighted by atomic mass is 16.2. The number of hydrogen-bond donors (Lipinski definition) is 1. The molecule has 2 aromatic rings. The van der Waals surface area contributed by atoms with Gasteiger partial charge in [0.2, 0.25) is 5.91 Å². The Morgan fingerprint density at radius 1 is 1.23 bits per heavy atom. The fraction of sp³-hybridized carbons (Fsp3) is 0.235. The second kappa shape index (κ2) is 6.72. The van der Waals surface area contributed by atoms with Crippen LogP contribution < -0.4 is 10.9 Å². The highest BCUT2D eigenvalue weighted by Gasteiger charge is 2.13. The van der Waals surface area contributed by atoms with Crippen molar-refractivity contribution in [3.63, 3.8) is 0 Å². The maximum Gasteiger partial charge on any atom is 0.269 e. The van der Waals surface area contributed by atoms with Crippen molar-refractivity contribution < 1.29 is 4.79 Å². The number of aryl methyl sites for hydroxylation is 1. The highest BCUT2D eigenvalue weighted by Crippen LogP contribution is 2.19. The molecule has 0 saturated carbocycles. The summed E-state index contributed by atoms with van der Waals surface area (Å²) in [6, 6.07) is 12.9. The van der Waals surface area contributed by atoms with Gasteiger partial charge in [-0.2, -0.15) is 5.26 Å². The van der Waals surface area contributed by atoms with Crippen LogP contribution >= 0.6 is 0 Å². The molecule has 22 heavy (non-hydrogen) atoms. The minimum Gasteiger partial charge on any atom is -0.358 e. The number of carbonyl (C=O) groups is 1. The summed E-state index contributed by atoms with van der Waals surface area (Å²) in [4.78, 5) is 24.0. The van der Waals surface area contributed by atoms with E-state index in [4.69, 9.17) is 5.26 Å². The van der Waals surface area contributed by atoms with Crippen LogP contribution in [0.5, 0.6) is 0 Å². The summed E-state index contributed by atoms with van der Waals surface area (Å²) in [5.74, 6) is -0.288. The summed E-state index contributed by atoms with van der Waals surface area (Å²) in [5, 5.41) is 11.5. The number of nitriles is 1. The summed E-state index contributed by atoms with van der Waals surface area (Å²) >= 11 is 0. The lowest BCUT2D eigenvalue weighted by molar-refractivity contribution is -0.121. The van der Waals surface area contributed by atoms with Gasteiger partial charge in [0.1, 0.15) is 18.2 Å². The van der Waals surface area contributed by atoms with E-state index in [0.717, 1.165) is 12.0 Å². The second-order valence-corrected chi connectivity index (χ2v) is 4.86. The maximum atomic E-state index is 12.3. The van der Waals surface area contributed by atoms with Gasteiger partial charge in [-0.1, -0.05) is 31.2 Å². The summed E-state index contributed by atoms with van der Waals surface area (Å²) < 4.78 is 1.33. The summed E-state index contributed by atoms with van der Waals surface area (Å²) in [6.45, 7) is 1.95. The molecule has 0 atom stereocenters. The van der Waals surface area contributed by atoms with Crippen molar-refractivity contribution >= 4 is 5.91 Å². The molecule has 1 amide bonds. The first-order valence-corrected chi connectivity index (χ1v) is 7.04. The minimum absolute atomic E-state index is 0.0258. The van der Waals surface area contributed by atoms with Crippen LogP contribution in [-0.4, -0.2) is 17.5 Å². The predicted octanol–water partition coefficient (Wildman–Crippen LogP) is 1.70. The molecule has 0 aliphatic carbocycles. The zero-order valence-electron chi connectivity index (χ0n) is 12.6. The van der Waals surface area contributed by atoms with E-state index in [-0.39, 0.29) is 18.0 Å². The molecule has 0 fully saturated rings. The normalized spacial score (nSPS) is 10.0. The van der Waals surface area contributed by atoms with Gasteiger partial charge in [-0.25, -0.2) is 0 Å². The quantitative estimate of drug-likeness (QED) is 0.932. The summed E-state index contributed by atoms with van der Waals surface area (Å²) in [6.07, 6.45) is 0.929. The average molecular weight is 295 g/mol. The Labute approximate surface area is 128 Å². The van der Waals surface area contributed by atoms with E-state index < -0.39 is 5.56 Å². The number of nitrogens with one attached hydrogen (secondary N) is 1. The molecule has 1 heterocycles. The smallest absolute Gasteiger partial charge is 0.269 e. The fourth-order valence-electron chi connectivity index (χ4n) is 2.21. The number of pyridine rings is 1. The molecule has 0 unspecified atom stereocenters. The third kappa shape index (κ3) is 3.07. The van der Waals surface area contributed by atoms with Crippen molar-refractivity contribution in [1.82, 2.24) is 9.88 Å². The lowest BCUT2D eigenvalue weighted by Crippen LogP contribution is -2.32. The molecule has 1 aromatic heterocycles. The number of likely N-dealkylation sites (N-methyl/N-ethyl adjacent to an activating group) is 1. The van der Waals surface area contributed by atoms with Crippen LogP contribution in [0.1, 0.15) is 18.1 Å². The molecule has 2 rings (SSSR count). The van der Waals surface area contributed by atoms with Crippen molar-refractivity contribution in [2.24, 2.45) is 0 Å². The monoisotopic (exact) mass is 295 g/mol. The predicted molar refractivity (Wildman–Crippen MR) is 84.3 cm³/mol. The highest BCUT2D eigenvalue weighted by molar-refractivity contribution is 5.76. The zero-order chi connectivity index (χ0) is 16.1. The first-order valence-electron chi connectivity index (χ1n) is 7.04. The Morgan fingerprint density at radius 2 is 1.91 bits per heavy atom. The third-order valence-corrected chi connectivity index (χ3v) is 3.53. The molecule has 0 radical (unpaired) electrons. The van der Waals surface area contributed by atoms with E-state index in [9.17, 15) is 9.59 Å². The van der Waals surface area contributed by atoms with Crippen molar-refractivity contribution in [3.8, 4) is 17.3 Å². The Hall–Kier alpha value is -2.87. The number of carbonyl (C=O) groups excluding carboxylic acids is 1. The number of rotatable bonds is 4. The third-order valence-electron chi connectivity index (χ3n) is 3.53. The van der Waals surface area contributed by atoms with E-state index in [2.05, 4.69) is 12.2 Å². The molecule has 0 spiro atoms. The van der Waals surface area contributed by atoms with Gasteiger partial charge in [0.05, 0.1) is 5.69 Å². The summed E-state index contributed by atoms with van der Waals surface area (Å²) in [5.41, 5.74) is 2.22. The molecule has 0 aliphatic rings. The van der Waals surface area contributed by atoms with Gasteiger partial charge in [-0.3, -0.25) is 14.2 Å². The molecule has 112 valence electrons. The largest absolute Gasteiger partial charge is 0.358 e. The average Bonchev–Trinajstić information content (AvgIpc) is 2.56. The first-order chi connectivity index (χ1) is 10.6. The van der Waals surface area contributed by atoms with E-state index in [0.29, 0.717) is 5.69 Å². The maximum absolute atomic E-state index is 12.3. The topological polar surface area (TPSA) is 74.9 Å². The molecule has 1 N–H and O–H groups in total. The zero-order valence-corrected chi connectivity index (χ0v) is 12.6. The van der Waals surface area contributed by atoms with Crippen LogP contribution in [0.25, 0.3) is 11.3 Å². The summed E-state index contributed by atoms with van der Waals surface area (Å²) in [7, 11) is 1.51. The number of hydrogen-bond acceptors (Lipinski definition) is 3. The molecule has 1 aromatic carbocycles. The standard InChI is InChI=1S/C17H17N3O2/c1-3-12-4-6-13(7-5-12)15-9-8-14(10-18)17(22)20(15)11-16(21)19-2/h4-9H,3,11H2,1-2H3,(H,19,21). The Bertz CT molecular complexity index is 783. The van der Waals surface area contributed by atoms with Gasteiger partial charge in [-0.15, -0.1) is 0 Å². The fourth-order valence-corrected chi connectivity index (χ4v) is 2.21. The van der Waals surface area contributed by atoms with E-state index in [1.165, 1.54) is 23.2 Å². The van der Waals surface area contributed by atoms with E-state index in [1.807, 2.05) is 30.3 Å². The van der Waals surface area contributed by atoms with Gasteiger partial charge in [0, 0.05) is 7.05 Å². The van der Waals surface area contributed by atoms with Crippen LogP contribution in [-0.2, 0) is 17.8 Å². The second-order valence-electron chi connectivity index (χ2n) is 4.86. The van der Waals surface area contributed by atoms with E-state index >= 15 is 0 Å². The van der Waals surface area contributed by atoms with Crippen molar-refractivity contribution in [3.05, 3.63) is 57.9 Å². The van der Waals surface area contributed by atoms with Crippen molar-refractivity contribution in [1.29, 1.82) is 5.26 Å². The molecule has 0 bridgehead atoms. The van der Waals surface area contributed by atoms with Gasteiger partial charge in [-0.05, 0) is 29.7 Å². The molecule has 0 saturated heterocycles. The molecule has 5 heteroatoms. The van der Waals surface area contributed by atoms with Crippen LogP contribution in [0.3, 0.4) is 0 Å². The van der Waals surface area contributed by atoms with Crippen molar-refractivity contribution in [2.45, 2.75) is 19.9 Å². The first kappa shape index (κ1) is 15.5. The van der Waals surface area contributed by atoms with Gasteiger partial charge in [0.25, 0.3) is 5.56 Å². The Balaban J connectivity index is 2.58. The van der Waals surface area contributed by atoms with Gasteiger partial charge >= 0.3 is 0 Å². The van der Waals surface area contributed by atoms with Crippen molar-refractivity contribution in [2.75, 3.05) is 7.05 Å². The SMILES string of the molecule is CCc1ccc(-c2ccc(C#N)c(=O)n2CC(=O)NC)cc1.